The lowest BCUT2D eigenvalue weighted by Gasteiger charge is -2.34. The molecule has 0 atom stereocenters. The number of nitrogens with zero attached hydrogens (tertiary/aromatic N) is 7. The van der Waals surface area contributed by atoms with Gasteiger partial charge < -0.3 is 24.0 Å². The molecular weight excluding hydrogens is 478 g/mol. The maximum absolute atomic E-state index is 12.5. The molecule has 182 valence electrons. The lowest BCUT2D eigenvalue weighted by molar-refractivity contribution is -0.385. The first-order valence-corrected chi connectivity index (χ1v) is 11.0. The van der Waals surface area contributed by atoms with E-state index in [9.17, 15) is 14.9 Å². The van der Waals surface area contributed by atoms with Crippen LogP contribution in [0.2, 0.25) is 5.02 Å². The van der Waals surface area contributed by atoms with Crippen LogP contribution in [0.25, 0.3) is 0 Å². The number of anilines is 1. The molecule has 1 amide bonds. The molecule has 0 radical (unpaired) electrons. The first-order chi connectivity index (χ1) is 16.8. The van der Waals surface area contributed by atoms with E-state index in [1.807, 2.05) is 0 Å². The molecule has 0 unspecified atom stereocenters. The molecule has 1 aliphatic rings. The molecule has 35 heavy (non-hydrogen) atoms. The van der Waals surface area contributed by atoms with Gasteiger partial charge in [0.15, 0.2) is 5.76 Å². The summed E-state index contributed by atoms with van der Waals surface area (Å²) in [4.78, 5) is 35.5. The fourth-order valence-corrected chi connectivity index (χ4v) is 3.67. The Hall–Kier alpha value is -4.19. The third kappa shape index (κ3) is 5.49. The molecule has 3 heterocycles. The van der Waals surface area contributed by atoms with Gasteiger partial charge >= 0.3 is 11.6 Å². The van der Waals surface area contributed by atoms with Gasteiger partial charge in [-0.2, -0.15) is 10.1 Å². The maximum atomic E-state index is 12.5. The van der Waals surface area contributed by atoms with Gasteiger partial charge in [0, 0.05) is 50.9 Å². The maximum Gasteiger partial charge on any atom is 0.373 e. The van der Waals surface area contributed by atoms with Gasteiger partial charge in [-0.3, -0.25) is 14.9 Å². The first-order valence-electron chi connectivity index (χ1n) is 10.6. The molecule has 3 aromatic rings. The standard InChI is InChI=1S/C22H22ClN7O5/c1-27(2)26-13-15-12-16(23)5-6-17(15)35-21-19(30(32)33)20(24-14-25-21)28-7-9-29(10-8-28)22(31)18-4-3-11-34-18/h3-6,11-14H,7-10H2,1-2H3. The quantitative estimate of drug-likeness (QED) is 0.273. The van der Waals surface area contributed by atoms with Crippen LogP contribution in [0.1, 0.15) is 16.1 Å². The second-order valence-corrected chi connectivity index (χ2v) is 8.18. The lowest BCUT2D eigenvalue weighted by Crippen LogP contribution is -2.49. The van der Waals surface area contributed by atoms with Crippen molar-refractivity contribution in [3.63, 3.8) is 0 Å². The van der Waals surface area contributed by atoms with Crippen LogP contribution in [-0.2, 0) is 0 Å². The van der Waals surface area contributed by atoms with Crippen LogP contribution in [0.5, 0.6) is 11.6 Å². The Kier molecular flexibility index (Phi) is 7.11. The first kappa shape index (κ1) is 24.0. The molecule has 0 bridgehead atoms. The summed E-state index contributed by atoms with van der Waals surface area (Å²) in [5, 5.41) is 18.3. The zero-order valence-corrected chi connectivity index (χ0v) is 19.8. The van der Waals surface area contributed by atoms with Crippen molar-refractivity contribution in [2.24, 2.45) is 5.10 Å². The van der Waals surface area contributed by atoms with Crippen molar-refractivity contribution < 1.29 is 18.9 Å². The largest absolute Gasteiger partial charge is 0.459 e. The van der Waals surface area contributed by atoms with Crippen LogP contribution < -0.4 is 9.64 Å². The van der Waals surface area contributed by atoms with Gasteiger partial charge in [0.05, 0.1) is 17.4 Å². The van der Waals surface area contributed by atoms with Gasteiger partial charge in [-0.25, -0.2) is 4.98 Å². The molecule has 1 aliphatic heterocycles. The molecule has 13 heteroatoms. The van der Waals surface area contributed by atoms with Crippen molar-refractivity contribution >= 4 is 35.2 Å². The number of ether oxygens (including phenoxy) is 1. The number of hydrazone groups is 1. The fourth-order valence-electron chi connectivity index (χ4n) is 3.49. The van der Waals surface area contributed by atoms with E-state index < -0.39 is 4.92 Å². The van der Waals surface area contributed by atoms with Crippen LogP contribution >= 0.6 is 11.6 Å². The predicted octanol–water partition coefficient (Wildman–Crippen LogP) is 3.28. The number of piperazine rings is 1. The Bertz CT molecular complexity index is 1240. The van der Waals surface area contributed by atoms with Gasteiger partial charge in [-0.1, -0.05) is 11.6 Å². The number of hydrogen-bond acceptors (Lipinski definition) is 10. The van der Waals surface area contributed by atoms with Crippen LogP contribution in [0.15, 0.2) is 52.4 Å². The molecule has 0 saturated carbocycles. The number of benzene rings is 1. The number of halogens is 1. The molecule has 0 aliphatic carbocycles. The Morgan fingerprint density at radius 3 is 2.69 bits per heavy atom. The Balaban J connectivity index is 1.58. The molecule has 4 rings (SSSR count). The van der Waals surface area contributed by atoms with Crippen molar-refractivity contribution in [1.29, 1.82) is 0 Å². The smallest absolute Gasteiger partial charge is 0.373 e. The summed E-state index contributed by atoms with van der Waals surface area (Å²) in [6, 6.07) is 8.07. The van der Waals surface area contributed by atoms with E-state index in [0.717, 1.165) is 0 Å². The summed E-state index contributed by atoms with van der Waals surface area (Å²) in [5.41, 5.74) is 0.148. The zero-order valence-electron chi connectivity index (χ0n) is 19.0. The summed E-state index contributed by atoms with van der Waals surface area (Å²) in [5.74, 6) is 0.212. The highest BCUT2D eigenvalue weighted by molar-refractivity contribution is 6.30. The second-order valence-electron chi connectivity index (χ2n) is 7.74. The Labute approximate surface area is 205 Å². The number of carbonyl (C=O) groups excluding carboxylic acids is 1. The average Bonchev–Trinajstić information content (AvgIpc) is 3.38. The monoisotopic (exact) mass is 499 g/mol. The molecule has 12 nitrogen and oxygen atoms in total. The number of aromatic nitrogens is 2. The molecule has 1 aromatic carbocycles. The SMILES string of the molecule is CN(C)N=Cc1cc(Cl)ccc1Oc1ncnc(N2CCN(C(=O)c3ccco3)CC2)c1[N+](=O)[O-]. The van der Waals surface area contributed by atoms with Gasteiger partial charge in [0.1, 0.15) is 12.1 Å². The molecule has 0 spiro atoms. The van der Waals surface area contributed by atoms with Crippen LogP contribution in [-0.4, -0.2) is 77.2 Å². The minimum atomic E-state index is -0.575. The van der Waals surface area contributed by atoms with E-state index in [1.165, 1.54) is 18.8 Å². The number of amides is 1. The average molecular weight is 500 g/mol. The molecule has 0 N–H and O–H groups in total. The van der Waals surface area contributed by atoms with Gasteiger partial charge in [0.25, 0.3) is 5.91 Å². The second kappa shape index (κ2) is 10.4. The van der Waals surface area contributed by atoms with Gasteiger partial charge in [0.2, 0.25) is 5.82 Å². The highest BCUT2D eigenvalue weighted by Gasteiger charge is 2.32. The summed E-state index contributed by atoms with van der Waals surface area (Å²) in [6.07, 6.45) is 4.18. The molecule has 1 saturated heterocycles. The van der Waals surface area contributed by atoms with E-state index in [-0.39, 0.29) is 29.1 Å². The van der Waals surface area contributed by atoms with E-state index in [0.29, 0.717) is 42.5 Å². The van der Waals surface area contributed by atoms with Crippen molar-refractivity contribution in [1.82, 2.24) is 19.9 Å². The van der Waals surface area contributed by atoms with Crippen LogP contribution in [0.4, 0.5) is 11.5 Å². The van der Waals surface area contributed by atoms with Crippen molar-refractivity contribution in [2.45, 2.75) is 0 Å². The van der Waals surface area contributed by atoms with Crippen molar-refractivity contribution in [3.8, 4) is 11.6 Å². The zero-order chi connectivity index (χ0) is 24.9. The minimum absolute atomic E-state index is 0.113. The Morgan fingerprint density at radius 1 is 1.26 bits per heavy atom. The number of carbonyl (C=O) groups is 1. The third-order valence-corrected chi connectivity index (χ3v) is 5.39. The van der Waals surface area contributed by atoms with E-state index >= 15 is 0 Å². The normalized spacial score (nSPS) is 13.8. The lowest BCUT2D eigenvalue weighted by atomic mass is 10.2. The summed E-state index contributed by atoms with van der Waals surface area (Å²) >= 11 is 6.11. The van der Waals surface area contributed by atoms with Crippen LogP contribution in [0, 0.1) is 10.1 Å². The number of nitro groups is 1. The number of rotatable bonds is 7. The van der Waals surface area contributed by atoms with Gasteiger partial charge in [-0.05, 0) is 30.3 Å². The van der Waals surface area contributed by atoms with Crippen molar-refractivity contribution in [2.75, 3.05) is 45.2 Å². The topological polar surface area (TPSA) is 130 Å². The highest BCUT2D eigenvalue weighted by atomic mass is 35.5. The van der Waals surface area contributed by atoms with E-state index in [1.54, 1.807) is 59.2 Å². The minimum Gasteiger partial charge on any atom is -0.459 e. The van der Waals surface area contributed by atoms with Crippen molar-refractivity contribution in [3.05, 3.63) is 69.4 Å². The predicted molar refractivity (Wildman–Crippen MR) is 128 cm³/mol. The highest BCUT2D eigenvalue weighted by Crippen LogP contribution is 2.37. The summed E-state index contributed by atoms with van der Waals surface area (Å²) in [7, 11) is 3.51. The number of hydrogen-bond donors (Lipinski definition) is 0. The van der Waals surface area contributed by atoms with E-state index in [4.69, 9.17) is 20.8 Å². The van der Waals surface area contributed by atoms with E-state index in [2.05, 4.69) is 15.1 Å². The van der Waals surface area contributed by atoms with Crippen LogP contribution in [0.3, 0.4) is 0 Å². The summed E-state index contributed by atoms with van der Waals surface area (Å²) in [6.45, 7) is 1.37. The molecular formula is C22H22ClN7O5. The Morgan fingerprint density at radius 2 is 2.03 bits per heavy atom. The summed E-state index contributed by atoms with van der Waals surface area (Å²) < 4.78 is 11.0. The number of furan rings is 1. The molecule has 2 aromatic heterocycles. The third-order valence-electron chi connectivity index (χ3n) is 5.16. The van der Waals surface area contributed by atoms with Gasteiger partial charge in [-0.15, -0.1) is 0 Å². The fraction of sp³-hybridized carbons (Fsp3) is 0.273. The molecule has 1 fully saturated rings.